The molecule has 0 saturated carbocycles. The third-order valence-corrected chi connectivity index (χ3v) is 5.01. The molecule has 0 bridgehead atoms. The fraction of sp³-hybridized carbons (Fsp3) is 0.273. The summed E-state index contributed by atoms with van der Waals surface area (Å²) in [6, 6.07) is 7.37. The van der Waals surface area contributed by atoms with Gasteiger partial charge in [-0.1, -0.05) is 6.07 Å². The van der Waals surface area contributed by atoms with Gasteiger partial charge in [0.15, 0.2) is 0 Å². The van der Waals surface area contributed by atoms with Crippen molar-refractivity contribution in [2.75, 3.05) is 6.54 Å². The van der Waals surface area contributed by atoms with E-state index in [9.17, 15) is 39.9 Å². The van der Waals surface area contributed by atoms with Gasteiger partial charge in [-0.25, -0.2) is 23.4 Å². The molecule has 2 aromatic carbocycles. The van der Waals surface area contributed by atoms with E-state index in [0.717, 1.165) is 31.0 Å². The Hall–Kier alpha value is -4.28. The number of carbonyl (C=O) groups excluding carboxylic acids is 1. The molecule has 6 N–H and O–H groups in total. The lowest BCUT2D eigenvalue weighted by atomic mass is 10.0. The Bertz CT molecular complexity index is 1340. The Morgan fingerprint density at radius 3 is 1.95 bits per heavy atom. The van der Waals surface area contributed by atoms with Crippen molar-refractivity contribution in [3.05, 3.63) is 53.1 Å². The Labute approximate surface area is 212 Å². The van der Waals surface area contributed by atoms with Gasteiger partial charge in [0.1, 0.15) is 23.0 Å². The molecule has 2 heterocycles. The van der Waals surface area contributed by atoms with E-state index >= 15 is 0 Å². The van der Waals surface area contributed by atoms with Crippen LogP contribution in [-0.4, -0.2) is 56.9 Å². The number of fused-ring (bicyclic) bond motifs is 1. The highest BCUT2D eigenvalue weighted by Gasteiger charge is 2.38. The zero-order valence-corrected chi connectivity index (χ0v) is 19.3. The molecule has 4 rings (SSSR count). The molecule has 9 nitrogen and oxygen atoms in total. The van der Waals surface area contributed by atoms with Gasteiger partial charge in [-0.15, -0.1) is 0 Å². The number of alkyl halides is 6. The third kappa shape index (κ3) is 8.36. The minimum Gasteiger partial charge on any atom is -0.475 e. The predicted octanol–water partition coefficient (Wildman–Crippen LogP) is 4.30. The topological polar surface area (TPSA) is 158 Å². The van der Waals surface area contributed by atoms with Crippen molar-refractivity contribution >= 4 is 28.9 Å². The third-order valence-electron chi connectivity index (χ3n) is 5.01. The molecule has 39 heavy (non-hydrogen) atoms. The van der Waals surface area contributed by atoms with Crippen LogP contribution in [0, 0.1) is 11.6 Å². The molecule has 0 radical (unpaired) electrons. The number of benzene rings is 2. The molecule has 1 atom stereocenters. The molecule has 212 valence electrons. The standard InChI is InChI=1S/C18H16F2N4O.2C2HF3O2/c19-10-7-12(17(21)25)16-15(8-10)23-18(24-16)11-4-3-9(6-13(11)20)14-2-1-5-22-14;2*3-2(4,5)1(6)7/h3-4,6-8,14,22H,1-2,5H2,(H2,21,25)(H,23,24);2*(H,6,7). The van der Waals surface area contributed by atoms with Crippen molar-refractivity contribution in [1.82, 2.24) is 15.3 Å². The Balaban J connectivity index is 0.000000317. The van der Waals surface area contributed by atoms with Crippen LogP contribution in [0.5, 0.6) is 0 Å². The fourth-order valence-electron chi connectivity index (χ4n) is 3.31. The number of aliphatic carboxylic acids is 2. The maximum Gasteiger partial charge on any atom is 0.490 e. The number of aromatic amines is 1. The first kappa shape index (κ1) is 30.9. The van der Waals surface area contributed by atoms with Gasteiger partial charge >= 0.3 is 24.3 Å². The van der Waals surface area contributed by atoms with Crippen LogP contribution in [0.15, 0.2) is 30.3 Å². The molecule has 0 spiro atoms. The number of halogens is 8. The maximum absolute atomic E-state index is 14.6. The van der Waals surface area contributed by atoms with E-state index in [0.29, 0.717) is 5.52 Å². The first-order chi connectivity index (χ1) is 17.9. The number of H-pyrrole nitrogens is 1. The highest BCUT2D eigenvalue weighted by Crippen LogP contribution is 2.29. The number of primary amides is 1. The number of nitrogens with one attached hydrogen (secondary N) is 2. The van der Waals surface area contributed by atoms with E-state index in [1.54, 1.807) is 6.07 Å². The molecule has 1 aliphatic rings. The van der Waals surface area contributed by atoms with Crippen LogP contribution < -0.4 is 11.1 Å². The minimum atomic E-state index is -5.08. The van der Waals surface area contributed by atoms with Crippen LogP contribution in [0.4, 0.5) is 35.1 Å². The quantitative estimate of drug-likeness (QED) is 0.294. The van der Waals surface area contributed by atoms with Gasteiger partial charge < -0.3 is 26.2 Å². The normalized spacial score (nSPS) is 15.1. The second-order valence-corrected chi connectivity index (χ2v) is 7.79. The van der Waals surface area contributed by atoms with E-state index in [2.05, 4.69) is 15.3 Å². The minimum absolute atomic E-state index is 0.0373. The van der Waals surface area contributed by atoms with Crippen molar-refractivity contribution < 1.29 is 59.7 Å². The van der Waals surface area contributed by atoms with Crippen LogP contribution in [0.1, 0.15) is 34.8 Å². The monoisotopic (exact) mass is 570 g/mol. The van der Waals surface area contributed by atoms with Gasteiger partial charge in [0.2, 0.25) is 0 Å². The van der Waals surface area contributed by atoms with Crippen LogP contribution in [0.3, 0.4) is 0 Å². The zero-order valence-electron chi connectivity index (χ0n) is 19.3. The van der Waals surface area contributed by atoms with Gasteiger partial charge in [-0.2, -0.15) is 26.3 Å². The van der Waals surface area contributed by atoms with E-state index < -0.39 is 41.8 Å². The molecule has 1 aromatic heterocycles. The molecule has 1 amide bonds. The second kappa shape index (κ2) is 12.1. The average molecular weight is 570 g/mol. The summed E-state index contributed by atoms with van der Waals surface area (Å²) in [7, 11) is 0. The number of carbonyl (C=O) groups is 3. The summed E-state index contributed by atoms with van der Waals surface area (Å²) < 4.78 is 91.7. The summed E-state index contributed by atoms with van der Waals surface area (Å²) in [4.78, 5) is 36.4. The highest BCUT2D eigenvalue weighted by molar-refractivity contribution is 6.04. The number of hydrogen-bond acceptors (Lipinski definition) is 5. The number of amides is 1. The van der Waals surface area contributed by atoms with Crippen molar-refractivity contribution in [2.45, 2.75) is 31.2 Å². The van der Waals surface area contributed by atoms with Gasteiger partial charge in [0.25, 0.3) is 5.91 Å². The number of carboxylic acid groups (broad SMARTS) is 2. The van der Waals surface area contributed by atoms with Crippen molar-refractivity contribution in [1.29, 1.82) is 0 Å². The van der Waals surface area contributed by atoms with Crippen LogP contribution in [0.2, 0.25) is 0 Å². The number of hydrogen-bond donors (Lipinski definition) is 5. The molecule has 1 aliphatic heterocycles. The summed E-state index contributed by atoms with van der Waals surface area (Å²) in [5, 5.41) is 17.6. The summed E-state index contributed by atoms with van der Waals surface area (Å²) in [6.07, 6.45) is -8.12. The lowest BCUT2D eigenvalue weighted by Crippen LogP contribution is -2.21. The lowest BCUT2D eigenvalue weighted by Gasteiger charge is -2.11. The predicted molar refractivity (Wildman–Crippen MR) is 117 cm³/mol. The number of aromatic nitrogens is 2. The largest absolute Gasteiger partial charge is 0.490 e. The second-order valence-electron chi connectivity index (χ2n) is 7.79. The SMILES string of the molecule is NC(=O)c1cc(F)cc2[nH]c(-c3ccc(C4CCCN4)cc3F)nc12.O=C(O)C(F)(F)F.O=C(O)C(F)(F)F. The maximum atomic E-state index is 14.6. The summed E-state index contributed by atoms with van der Waals surface area (Å²) >= 11 is 0. The zero-order chi connectivity index (χ0) is 29.7. The molecular weight excluding hydrogens is 552 g/mol. The highest BCUT2D eigenvalue weighted by atomic mass is 19.4. The molecule has 3 aromatic rings. The summed E-state index contributed by atoms with van der Waals surface area (Å²) in [6.45, 7) is 0.930. The van der Waals surface area contributed by atoms with E-state index in [4.69, 9.17) is 25.5 Å². The van der Waals surface area contributed by atoms with Crippen LogP contribution in [-0.2, 0) is 9.59 Å². The number of nitrogens with zero attached hydrogens (tertiary/aromatic N) is 1. The molecule has 1 unspecified atom stereocenters. The van der Waals surface area contributed by atoms with Gasteiger partial charge in [0.05, 0.1) is 16.6 Å². The van der Waals surface area contributed by atoms with Crippen molar-refractivity contribution in [2.24, 2.45) is 5.73 Å². The van der Waals surface area contributed by atoms with Crippen molar-refractivity contribution in [3.63, 3.8) is 0 Å². The van der Waals surface area contributed by atoms with Crippen LogP contribution >= 0.6 is 0 Å². The van der Waals surface area contributed by atoms with Crippen molar-refractivity contribution in [3.8, 4) is 11.4 Å². The molecule has 1 saturated heterocycles. The van der Waals surface area contributed by atoms with Gasteiger partial charge in [-0.05, 0) is 49.2 Å². The van der Waals surface area contributed by atoms with Crippen LogP contribution in [0.25, 0.3) is 22.4 Å². The van der Waals surface area contributed by atoms with Gasteiger partial charge in [-0.3, -0.25) is 4.79 Å². The number of imidazole rings is 1. The van der Waals surface area contributed by atoms with Gasteiger partial charge in [0, 0.05) is 6.04 Å². The first-order valence-corrected chi connectivity index (χ1v) is 10.5. The first-order valence-electron chi connectivity index (χ1n) is 10.5. The molecule has 0 aliphatic carbocycles. The van der Waals surface area contributed by atoms with E-state index in [1.165, 1.54) is 12.1 Å². The molecule has 17 heteroatoms. The van der Waals surface area contributed by atoms with E-state index in [1.807, 2.05) is 6.07 Å². The lowest BCUT2D eigenvalue weighted by molar-refractivity contribution is -0.193. The molecular formula is C22H18F8N4O5. The summed E-state index contributed by atoms with van der Waals surface area (Å²) in [5.41, 5.74) is 6.91. The Kier molecular flexibility index (Phi) is 9.57. The van der Waals surface area contributed by atoms with E-state index in [-0.39, 0.29) is 28.5 Å². The average Bonchev–Trinajstić information content (AvgIpc) is 3.48. The smallest absolute Gasteiger partial charge is 0.475 e. The Morgan fingerprint density at radius 2 is 1.51 bits per heavy atom. The summed E-state index contributed by atoms with van der Waals surface area (Å²) in [5.74, 6) is -7.11. The number of nitrogens with two attached hydrogens (primary N) is 1. The number of rotatable bonds is 3. The fourth-order valence-corrected chi connectivity index (χ4v) is 3.31. The molecule has 1 fully saturated rings. The number of carboxylic acids is 2. The Morgan fingerprint density at radius 1 is 0.949 bits per heavy atom.